The quantitative estimate of drug-likeness (QED) is 0.592. The van der Waals surface area contributed by atoms with E-state index in [1.807, 2.05) is 5.38 Å². The summed E-state index contributed by atoms with van der Waals surface area (Å²) in [6, 6.07) is 2.88. The van der Waals surface area contributed by atoms with Crippen molar-refractivity contribution in [3.63, 3.8) is 0 Å². The Kier molecular flexibility index (Phi) is 8.70. The van der Waals surface area contributed by atoms with Gasteiger partial charge in [0.2, 0.25) is 11.8 Å². The molecule has 2 rings (SSSR count). The van der Waals surface area contributed by atoms with E-state index < -0.39 is 6.04 Å². The van der Waals surface area contributed by atoms with Gasteiger partial charge < -0.3 is 25.0 Å². The number of piperidine rings is 1. The number of carbonyl (C=O) groups is 3. The largest absolute Gasteiger partial charge is 0.383 e. The van der Waals surface area contributed by atoms with Crippen molar-refractivity contribution in [3.8, 4) is 0 Å². The Morgan fingerprint density at radius 1 is 1.26 bits per heavy atom. The molecule has 0 saturated carbocycles. The molecule has 1 fully saturated rings. The maximum Gasteiger partial charge on any atom is 0.262 e. The maximum atomic E-state index is 12.7. The first-order chi connectivity index (χ1) is 13.1. The first kappa shape index (κ1) is 21.3. The molecule has 150 valence electrons. The lowest BCUT2D eigenvalue weighted by molar-refractivity contribution is -0.136. The molecular weight excluding hydrogens is 370 g/mol. The van der Waals surface area contributed by atoms with Crippen molar-refractivity contribution in [2.45, 2.75) is 18.9 Å². The smallest absolute Gasteiger partial charge is 0.262 e. The maximum absolute atomic E-state index is 12.7. The summed E-state index contributed by atoms with van der Waals surface area (Å²) in [5, 5.41) is 7.51. The van der Waals surface area contributed by atoms with Crippen molar-refractivity contribution in [3.05, 3.63) is 22.4 Å². The van der Waals surface area contributed by atoms with Gasteiger partial charge >= 0.3 is 0 Å². The number of hydrogen-bond donors (Lipinski definition) is 2. The Morgan fingerprint density at radius 3 is 2.59 bits per heavy atom. The van der Waals surface area contributed by atoms with E-state index in [9.17, 15) is 14.4 Å². The van der Waals surface area contributed by atoms with Crippen LogP contribution in [0.4, 0.5) is 0 Å². The Morgan fingerprint density at radius 2 is 2.00 bits per heavy atom. The molecule has 2 N–H and O–H groups in total. The number of amides is 3. The van der Waals surface area contributed by atoms with Gasteiger partial charge in [0.25, 0.3) is 5.91 Å². The highest BCUT2D eigenvalue weighted by Gasteiger charge is 2.34. The van der Waals surface area contributed by atoms with Gasteiger partial charge in [0.1, 0.15) is 12.6 Å². The van der Waals surface area contributed by atoms with Crippen LogP contribution in [0.3, 0.4) is 0 Å². The lowest BCUT2D eigenvalue weighted by atomic mass is 9.88. The van der Waals surface area contributed by atoms with Gasteiger partial charge in [-0.15, -0.1) is 11.3 Å². The highest BCUT2D eigenvalue weighted by Crippen LogP contribution is 2.22. The van der Waals surface area contributed by atoms with E-state index >= 15 is 0 Å². The number of nitrogens with zero attached hydrogens (tertiary/aromatic N) is 1. The summed E-state index contributed by atoms with van der Waals surface area (Å²) in [4.78, 5) is 39.4. The molecule has 3 amide bonds. The van der Waals surface area contributed by atoms with Crippen LogP contribution in [-0.2, 0) is 19.1 Å². The highest BCUT2D eigenvalue weighted by atomic mass is 32.1. The molecule has 0 aromatic carbocycles. The van der Waals surface area contributed by atoms with Crippen molar-refractivity contribution in [2.75, 3.05) is 47.1 Å². The zero-order valence-electron chi connectivity index (χ0n) is 15.7. The van der Waals surface area contributed by atoms with Gasteiger partial charge in [-0.3, -0.25) is 14.4 Å². The van der Waals surface area contributed by atoms with Gasteiger partial charge in [-0.1, -0.05) is 6.07 Å². The molecule has 0 radical (unpaired) electrons. The molecule has 0 aliphatic carbocycles. The molecule has 2 heterocycles. The van der Waals surface area contributed by atoms with Gasteiger partial charge in [0, 0.05) is 33.9 Å². The van der Waals surface area contributed by atoms with Gasteiger partial charge in [-0.25, -0.2) is 0 Å². The molecule has 8 nitrogen and oxygen atoms in total. The van der Waals surface area contributed by atoms with Crippen molar-refractivity contribution in [1.29, 1.82) is 0 Å². The molecule has 27 heavy (non-hydrogen) atoms. The van der Waals surface area contributed by atoms with E-state index in [0.717, 1.165) is 0 Å². The number of thiophene rings is 1. The third-order valence-electron chi connectivity index (χ3n) is 4.55. The third-order valence-corrected chi connectivity index (χ3v) is 5.42. The van der Waals surface area contributed by atoms with Crippen LogP contribution in [0.1, 0.15) is 22.5 Å². The van der Waals surface area contributed by atoms with Crippen LogP contribution < -0.4 is 10.6 Å². The predicted molar refractivity (Wildman–Crippen MR) is 102 cm³/mol. The second-order valence-corrected chi connectivity index (χ2v) is 7.31. The topological polar surface area (TPSA) is 97.0 Å². The van der Waals surface area contributed by atoms with Crippen LogP contribution in [0.5, 0.6) is 0 Å². The number of nitrogens with one attached hydrogen (secondary N) is 2. The van der Waals surface area contributed by atoms with E-state index in [4.69, 9.17) is 9.47 Å². The van der Waals surface area contributed by atoms with Crippen molar-refractivity contribution in [1.82, 2.24) is 15.5 Å². The van der Waals surface area contributed by atoms with Crippen LogP contribution in [0.15, 0.2) is 17.5 Å². The Hall–Kier alpha value is -1.97. The number of methoxy groups -OCH3 is 2. The highest BCUT2D eigenvalue weighted by molar-refractivity contribution is 7.12. The number of carbonyl (C=O) groups excluding carboxylic acids is 3. The van der Waals surface area contributed by atoms with Gasteiger partial charge in [0.15, 0.2) is 0 Å². The molecule has 1 aliphatic heterocycles. The first-order valence-electron chi connectivity index (χ1n) is 8.94. The van der Waals surface area contributed by atoms with Crippen LogP contribution in [0.2, 0.25) is 0 Å². The standard InChI is InChI=1S/C18H27N3O5S/c1-25-10-7-19-18(24)16(20-17(23)14-4-3-11-27-14)13-5-8-21(9-6-13)15(22)12-26-2/h3-4,11,13,16H,5-10,12H2,1-2H3,(H,19,24)(H,20,23). The lowest BCUT2D eigenvalue weighted by Gasteiger charge is -2.35. The Balaban J connectivity index is 2.00. The number of likely N-dealkylation sites (tertiary alicyclic amines) is 1. The van der Waals surface area contributed by atoms with E-state index in [-0.39, 0.29) is 30.2 Å². The average Bonchev–Trinajstić information content (AvgIpc) is 3.21. The normalized spacial score (nSPS) is 16.0. The van der Waals surface area contributed by atoms with E-state index in [1.165, 1.54) is 18.4 Å². The van der Waals surface area contributed by atoms with Crippen molar-refractivity contribution >= 4 is 29.1 Å². The van der Waals surface area contributed by atoms with E-state index in [1.54, 1.807) is 24.1 Å². The van der Waals surface area contributed by atoms with Crippen LogP contribution in [0.25, 0.3) is 0 Å². The number of hydrogen-bond acceptors (Lipinski definition) is 6. The van der Waals surface area contributed by atoms with E-state index in [0.29, 0.717) is 44.0 Å². The second kappa shape index (κ2) is 11.0. The number of rotatable bonds is 9. The summed E-state index contributed by atoms with van der Waals surface area (Å²) < 4.78 is 9.86. The van der Waals surface area contributed by atoms with Gasteiger partial charge in [-0.2, -0.15) is 0 Å². The molecule has 1 atom stereocenters. The fraction of sp³-hybridized carbons (Fsp3) is 0.611. The zero-order chi connectivity index (χ0) is 19.6. The summed E-state index contributed by atoms with van der Waals surface area (Å²) >= 11 is 1.33. The summed E-state index contributed by atoms with van der Waals surface area (Å²) in [6.07, 6.45) is 1.28. The van der Waals surface area contributed by atoms with Gasteiger partial charge in [0.05, 0.1) is 11.5 Å². The lowest BCUT2D eigenvalue weighted by Crippen LogP contribution is -2.54. The Labute approximate surface area is 163 Å². The SMILES string of the molecule is COCCNC(=O)C(NC(=O)c1cccs1)C1CCN(C(=O)COC)CC1. The monoisotopic (exact) mass is 397 g/mol. The van der Waals surface area contributed by atoms with E-state index in [2.05, 4.69) is 10.6 Å². The summed E-state index contributed by atoms with van der Waals surface area (Å²) in [6.45, 7) is 1.93. The second-order valence-electron chi connectivity index (χ2n) is 6.36. The predicted octanol–water partition coefficient (Wildman–Crippen LogP) is 0.494. The molecule has 1 aliphatic rings. The fourth-order valence-corrected chi connectivity index (χ4v) is 3.73. The van der Waals surface area contributed by atoms with Crippen LogP contribution >= 0.6 is 11.3 Å². The summed E-state index contributed by atoms with van der Waals surface area (Å²) in [5.74, 6) is -0.573. The minimum absolute atomic E-state index is 0.0388. The van der Waals surface area contributed by atoms with Crippen molar-refractivity contribution < 1.29 is 23.9 Å². The molecule has 1 aromatic rings. The summed E-state index contributed by atoms with van der Waals surface area (Å²) in [7, 11) is 3.06. The fourth-order valence-electron chi connectivity index (χ4n) is 3.10. The van der Waals surface area contributed by atoms with Gasteiger partial charge in [-0.05, 0) is 30.2 Å². The molecule has 0 spiro atoms. The molecule has 0 bridgehead atoms. The van der Waals surface area contributed by atoms with Crippen LogP contribution in [0, 0.1) is 5.92 Å². The minimum atomic E-state index is -0.642. The first-order valence-corrected chi connectivity index (χ1v) is 9.82. The molecule has 1 unspecified atom stereocenters. The average molecular weight is 397 g/mol. The molecule has 1 saturated heterocycles. The Bertz CT molecular complexity index is 615. The van der Waals surface area contributed by atoms with Crippen LogP contribution in [-0.4, -0.2) is 75.7 Å². The number of ether oxygens (including phenoxy) is 2. The van der Waals surface area contributed by atoms with Crippen molar-refractivity contribution in [2.24, 2.45) is 5.92 Å². The molecule has 9 heteroatoms. The third kappa shape index (κ3) is 6.30. The molecular formula is C18H27N3O5S. The molecule has 1 aromatic heterocycles. The zero-order valence-corrected chi connectivity index (χ0v) is 16.5. The summed E-state index contributed by atoms with van der Waals surface area (Å²) in [5.41, 5.74) is 0. The minimum Gasteiger partial charge on any atom is -0.383 e.